The van der Waals surface area contributed by atoms with Gasteiger partial charge in [0.15, 0.2) is 0 Å². The summed E-state index contributed by atoms with van der Waals surface area (Å²) < 4.78 is 1.95. The molecule has 5 nitrogen and oxygen atoms in total. The van der Waals surface area contributed by atoms with Gasteiger partial charge < -0.3 is 5.11 Å². The Bertz CT molecular complexity index is 280. The Morgan fingerprint density at radius 1 is 1.47 bits per heavy atom. The Morgan fingerprint density at radius 2 is 2.20 bits per heavy atom. The van der Waals surface area contributed by atoms with Gasteiger partial charge in [-0.2, -0.15) is 0 Å². The van der Waals surface area contributed by atoms with Gasteiger partial charge in [0.05, 0.1) is 18.8 Å². The molecule has 1 unspecified atom stereocenters. The Hall–Kier alpha value is -0.940. The predicted octanol–water partition coefficient (Wildman–Crippen LogP) is 0.296. The average molecular weight is 210 g/mol. The molecule has 1 saturated heterocycles. The van der Waals surface area contributed by atoms with Crippen LogP contribution in [0.3, 0.4) is 0 Å². The van der Waals surface area contributed by atoms with Gasteiger partial charge in [0.1, 0.15) is 0 Å². The van der Waals surface area contributed by atoms with Gasteiger partial charge >= 0.3 is 0 Å². The zero-order valence-corrected chi connectivity index (χ0v) is 9.08. The molecule has 1 atom stereocenters. The van der Waals surface area contributed by atoms with Gasteiger partial charge in [-0.1, -0.05) is 5.21 Å². The minimum atomic E-state index is 0.244. The third kappa shape index (κ3) is 2.35. The molecule has 1 aliphatic rings. The van der Waals surface area contributed by atoms with E-state index in [4.69, 9.17) is 5.11 Å². The summed E-state index contributed by atoms with van der Waals surface area (Å²) in [6, 6.07) is 0.760. The van der Waals surface area contributed by atoms with Crippen LogP contribution >= 0.6 is 0 Å². The lowest BCUT2D eigenvalue weighted by molar-refractivity contribution is 0.0954. The average Bonchev–Trinajstić information content (AvgIpc) is 2.82. The molecule has 1 fully saturated rings. The van der Waals surface area contributed by atoms with Crippen LogP contribution in [-0.2, 0) is 0 Å². The van der Waals surface area contributed by atoms with E-state index in [0.717, 1.165) is 25.9 Å². The first-order valence-electron chi connectivity index (χ1n) is 5.52. The SMILES string of the molecule is CC(CO)N1CCC(n2ccnn2)CC1. The van der Waals surface area contributed by atoms with E-state index in [1.165, 1.54) is 0 Å². The van der Waals surface area contributed by atoms with Crippen LogP contribution in [0.25, 0.3) is 0 Å². The van der Waals surface area contributed by atoms with E-state index in [1.807, 2.05) is 10.9 Å². The highest BCUT2D eigenvalue weighted by atomic mass is 16.3. The molecule has 5 heteroatoms. The first-order valence-corrected chi connectivity index (χ1v) is 5.52. The molecular formula is C10H18N4O. The van der Waals surface area contributed by atoms with E-state index in [-0.39, 0.29) is 12.6 Å². The Morgan fingerprint density at radius 3 is 2.73 bits per heavy atom. The molecule has 0 radical (unpaired) electrons. The lowest BCUT2D eigenvalue weighted by Gasteiger charge is -2.35. The summed E-state index contributed by atoms with van der Waals surface area (Å²) in [7, 11) is 0. The minimum absolute atomic E-state index is 0.244. The van der Waals surface area contributed by atoms with Crippen LogP contribution in [0.1, 0.15) is 25.8 Å². The largest absolute Gasteiger partial charge is 0.395 e. The third-order valence-electron chi connectivity index (χ3n) is 3.20. The molecule has 0 amide bonds. The molecule has 0 saturated carbocycles. The van der Waals surface area contributed by atoms with Crippen LogP contribution in [0.4, 0.5) is 0 Å². The standard InChI is InChI=1S/C10H18N4O/c1-9(8-15)13-5-2-10(3-6-13)14-7-4-11-12-14/h4,7,9-10,15H,2-3,5-6,8H2,1H3. The van der Waals surface area contributed by atoms with Crippen LogP contribution < -0.4 is 0 Å². The molecule has 2 heterocycles. The van der Waals surface area contributed by atoms with E-state index in [9.17, 15) is 0 Å². The van der Waals surface area contributed by atoms with E-state index < -0.39 is 0 Å². The Kier molecular flexibility index (Phi) is 3.33. The fourth-order valence-corrected chi connectivity index (χ4v) is 2.12. The van der Waals surface area contributed by atoms with Crippen molar-refractivity contribution in [2.75, 3.05) is 19.7 Å². The van der Waals surface area contributed by atoms with Gasteiger partial charge in [-0.05, 0) is 19.8 Å². The van der Waals surface area contributed by atoms with Gasteiger partial charge in [0.2, 0.25) is 0 Å². The molecule has 84 valence electrons. The smallest absolute Gasteiger partial charge is 0.0693 e. The molecular weight excluding hydrogens is 192 g/mol. The highest BCUT2D eigenvalue weighted by molar-refractivity contribution is 4.80. The normalized spacial score (nSPS) is 21.7. The summed E-state index contributed by atoms with van der Waals surface area (Å²) in [4.78, 5) is 2.33. The van der Waals surface area contributed by atoms with Crippen LogP contribution in [-0.4, -0.2) is 50.7 Å². The number of hydrogen-bond acceptors (Lipinski definition) is 4. The van der Waals surface area contributed by atoms with Crippen molar-refractivity contribution >= 4 is 0 Å². The lowest BCUT2D eigenvalue weighted by Crippen LogP contribution is -2.42. The zero-order valence-electron chi connectivity index (χ0n) is 9.08. The van der Waals surface area contributed by atoms with Crippen molar-refractivity contribution in [2.24, 2.45) is 0 Å². The first-order chi connectivity index (χ1) is 7.31. The summed E-state index contributed by atoms with van der Waals surface area (Å²) in [5.41, 5.74) is 0. The number of rotatable bonds is 3. The molecule has 1 aliphatic heterocycles. The van der Waals surface area contributed by atoms with Crippen LogP contribution in [0.5, 0.6) is 0 Å². The number of likely N-dealkylation sites (tertiary alicyclic amines) is 1. The number of hydrogen-bond donors (Lipinski definition) is 1. The maximum absolute atomic E-state index is 9.07. The second kappa shape index (κ2) is 4.72. The third-order valence-corrected chi connectivity index (χ3v) is 3.20. The van der Waals surface area contributed by atoms with Crippen molar-refractivity contribution in [1.82, 2.24) is 19.9 Å². The maximum Gasteiger partial charge on any atom is 0.0693 e. The summed E-state index contributed by atoms with van der Waals surface area (Å²) >= 11 is 0. The number of aliphatic hydroxyl groups excluding tert-OH is 1. The lowest BCUT2D eigenvalue weighted by atomic mass is 10.0. The summed E-state index contributed by atoms with van der Waals surface area (Å²) in [5, 5.41) is 16.9. The van der Waals surface area contributed by atoms with Crippen LogP contribution in [0.2, 0.25) is 0 Å². The highest BCUT2D eigenvalue weighted by Crippen LogP contribution is 2.22. The number of piperidine rings is 1. The Balaban J connectivity index is 1.87. The number of nitrogens with zero attached hydrogens (tertiary/aromatic N) is 4. The van der Waals surface area contributed by atoms with Gasteiger partial charge in [-0.15, -0.1) is 5.10 Å². The molecule has 2 rings (SSSR count). The molecule has 1 N–H and O–H groups in total. The van der Waals surface area contributed by atoms with Crippen molar-refractivity contribution in [1.29, 1.82) is 0 Å². The molecule has 0 aliphatic carbocycles. The molecule has 15 heavy (non-hydrogen) atoms. The molecule has 1 aromatic rings. The summed E-state index contributed by atoms with van der Waals surface area (Å²) in [5.74, 6) is 0. The Labute approximate surface area is 89.7 Å². The summed E-state index contributed by atoms with van der Waals surface area (Å²) in [6.07, 6.45) is 5.83. The van der Waals surface area contributed by atoms with Gasteiger partial charge in [0.25, 0.3) is 0 Å². The topological polar surface area (TPSA) is 54.2 Å². The van der Waals surface area contributed by atoms with Crippen LogP contribution in [0.15, 0.2) is 12.4 Å². The molecule has 1 aromatic heterocycles. The monoisotopic (exact) mass is 210 g/mol. The summed E-state index contributed by atoms with van der Waals surface area (Å²) in [6.45, 7) is 4.38. The quantitative estimate of drug-likeness (QED) is 0.779. The van der Waals surface area contributed by atoms with E-state index >= 15 is 0 Å². The van der Waals surface area contributed by atoms with E-state index in [1.54, 1.807) is 6.20 Å². The van der Waals surface area contributed by atoms with Crippen molar-refractivity contribution < 1.29 is 5.11 Å². The fourth-order valence-electron chi connectivity index (χ4n) is 2.12. The minimum Gasteiger partial charge on any atom is -0.395 e. The van der Waals surface area contributed by atoms with Crippen LogP contribution in [0, 0.1) is 0 Å². The molecule has 0 bridgehead atoms. The first kappa shape index (κ1) is 10.6. The van der Waals surface area contributed by atoms with Crippen molar-refractivity contribution in [3.05, 3.63) is 12.4 Å². The predicted molar refractivity (Wildman–Crippen MR) is 56.4 cm³/mol. The van der Waals surface area contributed by atoms with Gasteiger partial charge in [0, 0.05) is 25.3 Å². The van der Waals surface area contributed by atoms with Gasteiger partial charge in [-0.25, -0.2) is 4.68 Å². The van der Waals surface area contributed by atoms with E-state index in [2.05, 4.69) is 22.1 Å². The van der Waals surface area contributed by atoms with Crippen molar-refractivity contribution in [3.63, 3.8) is 0 Å². The van der Waals surface area contributed by atoms with Gasteiger partial charge in [-0.3, -0.25) is 4.90 Å². The maximum atomic E-state index is 9.07. The zero-order chi connectivity index (χ0) is 10.7. The fraction of sp³-hybridized carbons (Fsp3) is 0.800. The molecule has 0 aromatic carbocycles. The number of aliphatic hydroxyl groups is 1. The van der Waals surface area contributed by atoms with Crippen molar-refractivity contribution in [3.8, 4) is 0 Å². The van der Waals surface area contributed by atoms with E-state index in [0.29, 0.717) is 6.04 Å². The second-order valence-electron chi connectivity index (χ2n) is 4.18. The number of aromatic nitrogens is 3. The second-order valence-corrected chi connectivity index (χ2v) is 4.18. The molecule has 0 spiro atoms. The highest BCUT2D eigenvalue weighted by Gasteiger charge is 2.23. The van der Waals surface area contributed by atoms with Crippen molar-refractivity contribution in [2.45, 2.75) is 31.8 Å².